The van der Waals surface area contributed by atoms with Crippen LogP contribution < -0.4 is 0 Å². The third-order valence-electron chi connectivity index (χ3n) is 5.64. The summed E-state index contributed by atoms with van der Waals surface area (Å²) >= 11 is 0. The maximum atomic E-state index is 5.42. The van der Waals surface area contributed by atoms with Crippen molar-refractivity contribution < 1.29 is 4.74 Å². The molecule has 0 saturated carbocycles. The van der Waals surface area contributed by atoms with E-state index in [0.29, 0.717) is 6.61 Å². The number of rotatable bonds is 7. The number of hydrogen-bond donors (Lipinski definition) is 0. The zero-order valence-corrected chi connectivity index (χ0v) is 20.9. The number of aliphatic imine (C=N–C) groups is 2. The van der Waals surface area contributed by atoms with Crippen LogP contribution in [0.25, 0.3) is 0 Å². The van der Waals surface area contributed by atoms with Crippen molar-refractivity contribution in [2.75, 3.05) is 13.7 Å². The maximum absolute atomic E-state index is 5.42. The summed E-state index contributed by atoms with van der Waals surface area (Å²) in [5.74, 6) is 0.126. The first-order valence-electron chi connectivity index (χ1n) is 11.2. The predicted octanol–water partition coefficient (Wildman–Crippen LogP) is 7.82. The van der Waals surface area contributed by atoms with E-state index in [4.69, 9.17) is 14.7 Å². The molecule has 0 fully saturated rings. The Balaban J connectivity index is 2.50. The minimum atomic E-state index is 0.0389. The zero-order chi connectivity index (χ0) is 23.2. The Morgan fingerprint density at radius 3 is 1.48 bits per heavy atom. The molecule has 0 saturated heterocycles. The van der Waals surface area contributed by atoms with Crippen LogP contribution in [0.3, 0.4) is 0 Å². The molecule has 0 spiro atoms. The monoisotopic (exact) mass is 420 g/mol. The highest BCUT2D eigenvalue weighted by Crippen LogP contribution is 2.33. The Kier molecular flexibility index (Phi) is 8.36. The van der Waals surface area contributed by atoms with Gasteiger partial charge >= 0.3 is 0 Å². The van der Waals surface area contributed by atoms with Gasteiger partial charge < -0.3 is 4.74 Å². The lowest BCUT2D eigenvalue weighted by Crippen LogP contribution is -2.22. The highest BCUT2D eigenvalue weighted by atomic mass is 16.5. The molecule has 0 aliphatic heterocycles. The van der Waals surface area contributed by atoms with E-state index in [-0.39, 0.29) is 16.7 Å². The van der Waals surface area contributed by atoms with E-state index in [1.54, 1.807) is 7.11 Å². The topological polar surface area (TPSA) is 34.0 Å². The number of methoxy groups -OCH3 is 1. The van der Waals surface area contributed by atoms with E-state index in [1.807, 2.05) is 0 Å². The smallest absolute Gasteiger partial charge is 0.0666 e. The molecule has 0 aliphatic carbocycles. The van der Waals surface area contributed by atoms with Crippen LogP contribution in [0.15, 0.2) is 58.5 Å². The largest absolute Gasteiger partial charge is 0.385 e. The van der Waals surface area contributed by atoms with Gasteiger partial charge in [0.2, 0.25) is 0 Å². The lowest BCUT2D eigenvalue weighted by atomic mass is 9.85. The van der Waals surface area contributed by atoms with E-state index >= 15 is 0 Å². The Hall–Kier alpha value is -2.26. The maximum Gasteiger partial charge on any atom is 0.0666 e. The van der Waals surface area contributed by atoms with E-state index in [2.05, 4.69) is 104 Å². The Bertz CT molecular complexity index is 853. The highest BCUT2D eigenvalue weighted by molar-refractivity contribution is 6.07. The number of benzene rings is 2. The van der Waals surface area contributed by atoms with Crippen molar-refractivity contribution in [3.8, 4) is 0 Å². The molecule has 0 aromatic heterocycles. The fraction of sp³-hybridized carbons (Fsp3) is 0.500. The lowest BCUT2D eigenvalue weighted by molar-refractivity contribution is 0.192. The SMILES string of the molecule is COCCC(C(C)=Nc1ccccc1C(C)(C)C)C(C)=Nc1ccccc1C(C)(C)C. The van der Waals surface area contributed by atoms with Gasteiger partial charge in [-0.25, -0.2) is 0 Å². The van der Waals surface area contributed by atoms with E-state index in [9.17, 15) is 0 Å². The fourth-order valence-electron chi connectivity index (χ4n) is 3.90. The van der Waals surface area contributed by atoms with Crippen molar-refractivity contribution in [3.05, 3.63) is 59.7 Å². The van der Waals surface area contributed by atoms with Crippen molar-refractivity contribution in [2.24, 2.45) is 15.9 Å². The van der Waals surface area contributed by atoms with Gasteiger partial charge in [-0.3, -0.25) is 9.98 Å². The molecular weight excluding hydrogens is 380 g/mol. The lowest BCUT2D eigenvalue weighted by Gasteiger charge is -2.23. The fourth-order valence-corrected chi connectivity index (χ4v) is 3.90. The minimum absolute atomic E-state index is 0.0389. The van der Waals surface area contributed by atoms with Crippen LogP contribution in [0.4, 0.5) is 11.4 Å². The molecule has 2 aromatic carbocycles. The van der Waals surface area contributed by atoms with Crippen LogP contribution in [0.2, 0.25) is 0 Å². The minimum Gasteiger partial charge on any atom is -0.385 e. The van der Waals surface area contributed by atoms with Crippen LogP contribution in [-0.2, 0) is 15.6 Å². The summed E-state index contributed by atoms with van der Waals surface area (Å²) in [6.07, 6.45) is 0.858. The van der Waals surface area contributed by atoms with Gasteiger partial charge in [0.15, 0.2) is 0 Å². The number of ether oxygens (including phenoxy) is 1. The molecule has 31 heavy (non-hydrogen) atoms. The molecule has 0 aliphatic rings. The van der Waals surface area contributed by atoms with Gasteiger partial charge in [-0.05, 0) is 54.4 Å². The van der Waals surface area contributed by atoms with Crippen molar-refractivity contribution >= 4 is 22.8 Å². The zero-order valence-electron chi connectivity index (χ0n) is 20.9. The Morgan fingerprint density at radius 1 is 0.742 bits per heavy atom. The van der Waals surface area contributed by atoms with E-state index < -0.39 is 0 Å². The Labute approximate surface area is 189 Å². The number of nitrogens with zero attached hydrogens (tertiary/aromatic N) is 2. The second-order valence-corrected chi connectivity index (χ2v) is 10.4. The first-order chi connectivity index (χ1) is 14.4. The van der Waals surface area contributed by atoms with Crippen molar-refractivity contribution in [2.45, 2.75) is 72.6 Å². The van der Waals surface area contributed by atoms with E-state index in [0.717, 1.165) is 29.2 Å². The summed E-state index contributed by atoms with van der Waals surface area (Å²) in [6, 6.07) is 16.9. The standard InChI is InChI=1S/C28H40N2O/c1-20(29-25-16-12-10-14-23(25)27(3,4)5)22(18-19-31-9)21(2)30-26-17-13-11-15-24(26)28(6,7)8/h10-17,22H,18-19H2,1-9H3. The average molecular weight is 421 g/mol. The van der Waals surface area contributed by atoms with Crippen LogP contribution in [0, 0.1) is 5.92 Å². The van der Waals surface area contributed by atoms with Crippen LogP contribution in [-0.4, -0.2) is 25.1 Å². The molecule has 3 nitrogen and oxygen atoms in total. The first kappa shape index (κ1) is 25.0. The quantitative estimate of drug-likeness (QED) is 0.420. The molecule has 0 bridgehead atoms. The van der Waals surface area contributed by atoms with Crippen LogP contribution >= 0.6 is 0 Å². The summed E-state index contributed by atoms with van der Waals surface area (Å²) in [5, 5.41) is 0. The number of hydrogen-bond acceptors (Lipinski definition) is 3. The third kappa shape index (κ3) is 6.87. The van der Waals surface area contributed by atoms with Crippen LogP contribution in [0.5, 0.6) is 0 Å². The second-order valence-electron chi connectivity index (χ2n) is 10.4. The Morgan fingerprint density at radius 2 is 1.13 bits per heavy atom. The molecular formula is C28H40N2O. The number of para-hydroxylation sites is 2. The molecule has 3 heteroatoms. The summed E-state index contributed by atoms with van der Waals surface area (Å²) in [7, 11) is 1.75. The van der Waals surface area contributed by atoms with E-state index in [1.165, 1.54) is 11.1 Å². The molecule has 0 radical (unpaired) electrons. The van der Waals surface area contributed by atoms with Gasteiger partial charge in [0, 0.05) is 31.1 Å². The molecule has 0 heterocycles. The third-order valence-corrected chi connectivity index (χ3v) is 5.64. The normalized spacial score (nSPS) is 14.6. The predicted molar refractivity (Wildman–Crippen MR) is 136 cm³/mol. The van der Waals surface area contributed by atoms with Crippen molar-refractivity contribution in [1.29, 1.82) is 0 Å². The van der Waals surface area contributed by atoms with Gasteiger partial charge in [-0.2, -0.15) is 0 Å². The summed E-state index contributed by atoms with van der Waals surface area (Å²) in [5.41, 5.74) is 6.82. The first-order valence-corrected chi connectivity index (χ1v) is 11.2. The molecule has 0 unspecified atom stereocenters. The molecule has 0 amide bonds. The van der Waals surface area contributed by atoms with Gasteiger partial charge in [0.1, 0.15) is 0 Å². The highest BCUT2D eigenvalue weighted by Gasteiger charge is 2.22. The van der Waals surface area contributed by atoms with Gasteiger partial charge in [0.05, 0.1) is 11.4 Å². The van der Waals surface area contributed by atoms with Crippen LogP contribution in [0.1, 0.15) is 72.9 Å². The summed E-state index contributed by atoms with van der Waals surface area (Å²) in [4.78, 5) is 10.2. The summed E-state index contributed by atoms with van der Waals surface area (Å²) < 4.78 is 5.42. The summed E-state index contributed by atoms with van der Waals surface area (Å²) in [6.45, 7) is 18.3. The molecule has 168 valence electrons. The van der Waals surface area contributed by atoms with Crippen molar-refractivity contribution in [1.82, 2.24) is 0 Å². The van der Waals surface area contributed by atoms with Gasteiger partial charge in [-0.1, -0.05) is 77.9 Å². The van der Waals surface area contributed by atoms with Gasteiger partial charge in [0.25, 0.3) is 0 Å². The second kappa shape index (κ2) is 10.4. The van der Waals surface area contributed by atoms with Gasteiger partial charge in [-0.15, -0.1) is 0 Å². The van der Waals surface area contributed by atoms with Crippen molar-refractivity contribution in [3.63, 3.8) is 0 Å². The molecule has 2 rings (SSSR count). The average Bonchev–Trinajstić information content (AvgIpc) is 2.67. The molecule has 0 N–H and O–H groups in total. The molecule has 2 aromatic rings. The molecule has 0 atom stereocenters.